The van der Waals surface area contributed by atoms with E-state index in [2.05, 4.69) is 54.4 Å². The van der Waals surface area contributed by atoms with Gasteiger partial charge in [-0.2, -0.15) is 0 Å². The summed E-state index contributed by atoms with van der Waals surface area (Å²) in [7, 11) is 0. The molecule has 18 nitrogen and oxygen atoms in total. The Kier molecular flexibility index (Phi) is 7.62. The molecular formula is C22H26N10O8P2S2. The molecule has 0 bridgehead atoms. The zero-order valence-electron chi connectivity index (χ0n) is 22.6. The maximum Gasteiger partial charge on any atom is 0.386 e. The standard InChI is InChI=1S/C22H26N10O8P2S2/c23-18-15-19(26-8-25-18)32(10-27-15)14-2-1-12(39-14)7-38-42(36,44)40-17-11(6-37-41(34,35)43)5-13(17)31-9-28-16-20(33)29-22-24-3-4-30(22)21(16)31/h3-4,8-14,17H,1-2,5-7H2,(H,36,44)(H2,23,25,26)(H,24,29,33)(H2,34,35,43)/t11-,12+,13-,14-,17?,42?/m1/s1. The number of ether oxygens (including phenoxy) is 1. The van der Waals surface area contributed by atoms with Gasteiger partial charge in [0, 0.05) is 18.3 Å². The quantitative estimate of drug-likeness (QED) is 0.105. The van der Waals surface area contributed by atoms with Crippen molar-refractivity contribution < 1.29 is 32.3 Å². The van der Waals surface area contributed by atoms with E-state index in [1.54, 1.807) is 26.1 Å². The second-order valence-corrected chi connectivity index (χ2v) is 16.1. The molecule has 4 N–H and O–H groups in total. The lowest BCUT2D eigenvalue weighted by Crippen LogP contribution is -2.46. The predicted molar refractivity (Wildman–Crippen MR) is 161 cm³/mol. The van der Waals surface area contributed by atoms with Crippen LogP contribution in [0, 0.1) is 5.92 Å². The van der Waals surface area contributed by atoms with Crippen molar-refractivity contribution in [2.45, 2.75) is 43.7 Å². The minimum Gasteiger partial charge on any atom is -0.382 e. The lowest BCUT2D eigenvalue weighted by molar-refractivity contribution is -0.0472. The largest absolute Gasteiger partial charge is 0.386 e. The predicted octanol–water partition coefficient (Wildman–Crippen LogP) is 2.52. The molecule has 2 aliphatic rings. The number of aromatic nitrogens is 9. The summed E-state index contributed by atoms with van der Waals surface area (Å²) in [6.45, 7) is -8.39. The van der Waals surface area contributed by atoms with Gasteiger partial charge in [-0.05, 0) is 19.3 Å². The number of imidazole rings is 3. The van der Waals surface area contributed by atoms with Crippen LogP contribution in [0.25, 0.3) is 28.1 Å². The molecule has 7 rings (SSSR count). The number of hydrogen-bond donors (Lipinski definition) is 5. The molecular weight excluding hydrogens is 658 g/mol. The smallest absolute Gasteiger partial charge is 0.382 e. The number of hydrogen-bond acceptors (Lipinski definition) is 13. The van der Waals surface area contributed by atoms with Crippen molar-refractivity contribution >= 4 is 72.0 Å². The number of nitrogens with zero attached hydrogens (tertiary/aromatic N) is 8. The van der Waals surface area contributed by atoms with E-state index in [0.717, 1.165) is 0 Å². The summed E-state index contributed by atoms with van der Waals surface area (Å²) in [5.41, 5.74) is 7.08. The molecule has 1 aliphatic carbocycles. The monoisotopic (exact) mass is 684 g/mol. The lowest BCUT2D eigenvalue weighted by atomic mass is 9.77. The zero-order valence-corrected chi connectivity index (χ0v) is 26.1. The SMILES string of the molecule is Nc1ncnc2c1ncn2[C@H]1CC[C@@H](COP(=O)(S)OC2[C@@H](COP(=O)(O)S)C[C@H]2n2cnc3c(=O)[nH]c4nccn4c32)O1. The minimum atomic E-state index is -4.09. The highest BCUT2D eigenvalue weighted by molar-refractivity contribution is 8.44. The van der Waals surface area contributed by atoms with E-state index in [1.807, 2.05) is 0 Å². The number of thiol groups is 2. The number of aromatic amines is 1. The van der Waals surface area contributed by atoms with E-state index in [1.165, 1.54) is 18.9 Å². The van der Waals surface area contributed by atoms with Gasteiger partial charge in [0.2, 0.25) is 5.78 Å². The number of nitrogens with two attached hydrogens (primary N) is 1. The summed E-state index contributed by atoms with van der Waals surface area (Å²) < 4.78 is 53.1. The summed E-state index contributed by atoms with van der Waals surface area (Å²) in [4.78, 5) is 45.7. The first-order valence-electron chi connectivity index (χ1n) is 13.3. The molecule has 6 heterocycles. The minimum absolute atomic E-state index is 0.0822. The van der Waals surface area contributed by atoms with Crippen LogP contribution in [0.15, 0.2) is 36.2 Å². The van der Waals surface area contributed by atoms with E-state index in [9.17, 15) is 18.8 Å². The molecule has 5 aromatic rings. The number of anilines is 1. The molecule has 234 valence electrons. The Morgan fingerprint density at radius 2 is 1.86 bits per heavy atom. The fourth-order valence-electron chi connectivity index (χ4n) is 5.66. The van der Waals surface area contributed by atoms with Gasteiger partial charge >= 0.3 is 13.6 Å². The van der Waals surface area contributed by atoms with E-state index in [4.69, 9.17) is 24.0 Å². The van der Waals surface area contributed by atoms with Crippen molar-refractivity contribution in [1.82, 2.24) is 43.4 Å². The van der Waals surface area contributed by atoms with Crippen LogP contribution in [-0.2, 0) is 27.4 Å². The van der Waals surface area contributed by atoms with Gasteiger partial charge in [0.05, 0.1) is 44.1 Å². The topological polar surface area (TPSA) is 229 Å². The average Bonchev–Trinajstić information content (AvgIpc) is 3.75. The van der Waals surface area contributed by atoms with Gasteiger partial charge in [-0.15, -0.1) is 0 Å². The first-order chi connectivity index (χ1) is 21.0. The van der Waals surface area contributed by atoms with E-state index in [-0.39, 0.29) is 24.5 Å². The van der Waals surface area contributed by atoms with E-state index >= 15 is 0 Å². The van der Waals surface area contributed by atoms with Gasteiger partial charge in [-0.3, -0.25) is 27.8 Å². The second-order valence-electron chi connectivity index (χ2n) is 10.5. The molecule has 1 aliphatic heterocycles. The van der Waals surface area contributed by atoms with Crippen LogP contribution in [0.3, 0.4) is 0 Å². The van der Waals surface area contributed by atoms with Gasteiger partial charge in [0.1, 0.15) is 18.1 Å². The fraction of sp³-hybridized carbons (Fsp3) is 0.455. The van der Waals surface area contributed by atoms with Gasteiger partial charge in [-0.1, -0.05) is 24.5 Å². The summed E-state index contributed by atoms with van der Waals surface area (Å²) in [5, 5.41) is 0. The molecule has 44 heavy (non-hydrogen) atoms. The Morgan fingerprint density at radius 1 is 1.07 bits per heavy atom. The summed E-state index contributed by atoms with van der Waals surface area (Å²) >= 11 is 7.80. The van der Waals surface area contributed by atoms with Crippen LogP contribution in [0.5, 0.6) is 0 Å². The molecule has 22 heteroatoms. The maximum absolute atomic E-state index is 13.5. The van der Waals surface area contributed by atoms with E-state index in [0.29, 0.717) is 41.9 Å². The zero-order chi connectivity index (χ0) is 30.8. The fourth-order valence-corrected chi connectivity index (χ4v) is 7.81. The Morgan fingerprint density at radius 3 is 2.68 bits per heavy atom. The molecule has 0 aromatic carbocycles. The van der Waals surface area contributed by atoms with Crippen LogP contribution in [0.4, 0.5) is 5.82 Å². The third-order valence-electron chi connectivity index (χ3n) is 7.74. The van der Waals surface area contributed by atoms with Crippen LogP contribution in [-0.4, -0.2) is 73.8 Å². The first kappa shape index (κ1) is 29.9. The number of H-pyrrole nitrogens is 1. The van der Waals surface area contributed by atoms with Crippen molar-refractivity contribution in [2.24, 2.45) is 5.92 Å². The second kappa shape index (κ2) is 11.2. The van der Waals surface area contributed by atoms with Crippen molar-refractivity contribution in [2.75, 3.05) is 18.9 Å². The number of rotatable bonds is 10. The number of nitrogens with one attached hydrogen (secondary N) is 1. The van der Waals surface area contributed by atoms with Gasteiger partial charge < -0.3 is 24.5 Å². The Labute approximate surface area is 257 Å². The highest BCUT2D eigenvalue weighted by Gasteiger charge is 2.48. The summed E-state index contributed by atoms with van der Waals surface area (Å²) in [5.74, 6) is 0.0966. The third kappa shape index (κ3) is 5.59. The first-order valence-corrected chi connectivity index (χ1v) is 18.8. The van der Waals surface area contributed by atoms with Crippen LogP contribution in [0.2, 0.25) is 0 Å². The van der Waals surface area contributed by atoms with Crippen molar-refractivity contribution in [1.29, 1.82) is 0 Å². The van der Waals surface area contributed by atoms with Crippen molar-refractivity contribution in [3.8, 4) is 0 Å². The molecule has 1 saturated heterocycles. The molecule has 0 amide bonds. The summed E-state index contributed by atoms with van der Waals surface area (Å²) in [6.07, 6.45) is 7.51. The lowest BCUT2D eigenvalue weighted by Gasteiger charge is -2.45. The molecule has 2 fully saturated rings. The van der Waals surface area contributed by atoms with Crippen LogP contribution >= 0.6 is 38.1 Å². The molecule has 1 saturated carbocycles. The number of fused-ring (bicyclic) bond motifs is 4. The Bertz CT molecular complexity index is 2030. The van der Waals surface area contributed by atoms with E-state index < -0.39 is 49.6 Å². The number of nitrogen functional groups attached to an aromatic ring is 1. The molecule has 7 atom stereocenters. The molecule has 5 aromatic heterocycles. The average molecular weight is 685 g/mol. The highest BCUT2D eigenvalue weighted by atomic mass is 32.7. The summed E-state index contributed by atoms with van der Waals surface area (Å²) in [6, 6.07) is -0.501. The van der Waals surface area contributed by atoms with Gasteiger partial charge in [0.25, 0.3) is 5.56 Å². The van der Waals surface area contributed by atoms with Crippen molar-refractivity contribution in [3.63, 3.8) is 0 Å². The normalized spacial score (nSPS) is 26.7. The highest BCUT2D eigenvalue weighted by Crippen LogP contribution is 2.60. The molecule has 0 spiro atoms. The van der Waals surface area contributed by atoms with Crippen LogP contribution < -0.4 is 11.3 Å². The molecule has 0 radical (unpaired) electrons. The van der Waals surface area contributed by atoms with Gasteiger partial charge in [-0.25, -0.2) is 34.0 Å². The third-order valence-corrected chi connectivity index (χ3v) is 10.2. The Balaban J connectivity index is 1.07. The molecule has 3 unspecified atom stereocenters. The Hall–Kier alpha value is -2.80. The maximum atomic E-state index is 13.5. The van der Waals surface area contributed by atoms with Gasteiger partial charge in [0.15, 0.2) is 22.6 Å². The van der Waals surface area contributed by atoms with Crippen LogP contribution in [0.1, 0.15) is 31.5 Å². The van der Waals surface area contributed by atoms with Crippen molar-refractivity contribution in [3.05, 3.63) is 41.7 Å².